The largest absolute Gasteiger partial charge is 0.483 e. The van der Waals surface area contributed by atoms with E-state index in [2.05, 4.69) is 6.08 Å². The topological polar surface area (TPSA) is 98.9 Å². The number of hydrogen-bond acceptors (Lipinski definition) is 5. The fourth-order valence-electron chi connectivity index (χ4n) is 4.12. The summed E-state index contributed by atoms with van der Waals surface area (Å²) in [6, 6.07) is 6.57. The van der Waals surface area contributed by atoms with E-state index < -0.39 is 5.91 Å². The molecule has 1 heterocycles. The predicted molar refractivity (Wildman–Crippen MR) is 102 cm³/mol. The van der Waals surface area contributed by atoms with Crippen molar-refractivity contribution in [2.45, 2.75) is 13.8 Å². The fourth-order valence-corrected chi connectivity index (χ4v) is 4.12. The van der Waals surface area contributed by atoms with Gasteiger partial charge in [0.05, 0.1) is 18.1 Å². The van der Waals surface area contributed by atoms with Crippen LogP contribution in [0.5, 0.6) is 5.75 Å². The molecular formula is C21H26N2O5. The molecule has 1 aromatic carbocycles. The summed E-state index contributed by atoms with van der Waals surface area (Å²) in [5, 5.41) is 0. The van der Waals surface area contributed by atoms with Gasteiger partial charge in [0, 0.05) is 13.1 Å². The maximum atomic E-state index is 12.7. The second-order valence-corrected chi connectivity index (χ2v) is 7.30. The van der Waals surface area contributed by atoms with Gasteiger partial charge in [0.1, 0.15) is 5.75 Å². The van der Waals surface area contributed by atoms with E-state index >= 15 is 0 Å². The highest BCUT2D eigenvalue weighted by molar-refractivity contribution is 5.95. The minimum absolute atomic E-state index is 0.0425. The van der Waals surface area contributed by atoms with E-state index in [1.807, 2.05) is 13.0 Å². The number of allylic oxidation sites excluding steroid dienone is 1. The van der Waals surface area contributed by atoms with Crippen LogP contribution in [0.2, 0.25) is 0 Å². The Bertz CT molecular complexity index is 791. The summed E-state index contributed by atoms with van der Waals surface area (Å²) >= 11 is 0. The second-order valence-electron chi connectivity index (χ2n) is 7.30. The number of ether oxygens (including phenoxy) is 2. The number of likely N-dealkylation sites (tertiary alicyclic amines) is 1. The Morgan fingerprint density at radius 1 is 1.18 bits per heavy atom. The molecular weight excluding hydrogens is 360 g/mol. The van der Waals surface area contributed by atoms with E-state index in [1.54, 1.807) is 36.1 Å². The molecule has 1 aliphatic heterocycles. The molecule has 7 nitrogen and oxygen atoms in total. The smallest absolute Gasteiger partial charge is 0.309 e. The number of fused-ring (bicyclic) bond motifs is 1. The molecule has 1 aliphatic carbocycles. The van der Waals surface area contributed by atoms with Crippen LogP contribution in [0.15, 0.2) is 36.4 Å². The molecule has 1 aromatic rings. The highest BCUT2D eigenvalue weighted by atomic mass is 16.5. The SMILES string of the molecule is CCOC(=O)[C@@H]1[C@H]2CN(C(=O)COc3ccccc3C(N)=O)C[C@@H]2C=C[C@@H]1C. The predicted octanol–water partition coefficient (Wildman–Crippen LogP) is 1.62. The third-order valence-corrected chi connectivity index (χ3v) is 5.52. The number of amides is 2. The zero-order chi connectivity index (χ0) is 20.3. The number of esters is 1. The Morgan fingerprint density at radius 3 is 2.64 bits per heavy atom. The van der Waals surface area contributed by atoms with Crippen molar-refractivity contribution in [2.24, 2.45) is 29.4 Å². The lowest BCUT2D eigenvalue weighted by Crippen LogP contribution is -2.38. The minimum atomic E-state index is -0.605. The second kappa shape index (κ2) is 8.46. The molecule has 1 fully saturated rings. The molecule has 2 N–H and O–H groups in total. The standard InChI is InChI=1S/C21H26N2O5/c1-3-27-21(26)19-13(2)8-9-14-10-23(11-16(14)19)18(24)12-28-17-7-5-4-6-15(17)20(22)25/h4-9,13-14,16,19H,3,10-12H2,1-2H3,(H2,22,25)/t13-,14-,16-,19-/m0/s1. The summed E-state index contributed by atoms with van der Waals surface area (Å²) in [7, 11) is 0. The van der Waals surface area contributed by atoms with Crippen LogP contribution in [0, 0.1) is 23.7 Å². The first-order valence-corrected chi connectivity index (χ1v) is 9.56. The van der Waals surface area contributed by atoms with Crippen molar-refractivity contribution in [2.75, 3.05) is 26.3 Å². The molecule has 0 unspecified atom stereocenters. The van der Waals surface area contributed by atoms with Gasteiger partial charge in [0.15, 0.2) is 6.61 Å². The van der Waals surface area contributed by atoms with Gasteiger partial charge in [-0.05, 0) is 36.8 Å². The average Bonchev–Trinajstić information content (AvgIpc) is 3.10. The van der Waals surface area contributed by atoms with E-state index in [0.29, 0.717) is 19.7 Å². The van der Waals surface area contributed by atoms with E-state index in [-0.39, 0.29) is 53.5 Å². The Labute approximate surface area is 164 Å². The van der Waals surface area contributed by atoms with Crippen LogP contribution in [0.4, 0.5) is 0 Å². The van der Waals surface area contributed by atoms with Crippen molar-refractivity contribution in [3.05, 3.63) is 42.0 Å². The number of nitrogens with two attached hydrogens (primary N) is 1. The van der Waals surface area contributed by atoms with Crippen LogP contribution in [-0.4, -0.2) is 49.0 Å². The van der Waals surface area contributed by atoms with Gasteiger partial charge in [-0.3, -0.25) is 14.4 Å². The lowest BCUT2D eigenvalue weighted by Gasteiger charge is -2.31. The number of carbonyl (C=O) groups excluding carboxylic acids is 3. The van der Waals surface area contributed by atoms with E-state index in [1.165, 1.54) is 0 Å². The first-order valence-electron chi connectivity index (χ1n) is 9.56. The Balaban J connectivity index is 1.65. The van der Waals surface area contributed by atoms with Crippen molar-refractivity contribution in [1.82, 2.24) is 4.90 Å². The van der Waals surface area contributed by atoms with E-state index in [0.717, 1.165) is 0 Å². The molecule has 150 valence electrons. The Kier molecular flexibility index (Phi) is 6.02. The molecule has 0 bridgehead atoms. The summed E-state index contributed by atoms with van der Waals surface area (Å²) in [5.74, 6) is -0.691. The molecule has 0 saturated carbocycles. The number of benzene rings is 1. The van der Waals surface area contributed by atoms with E-state index in [4.69, 9.17) is 15.2 Å². The minimum Gasteiger partial charge on any atom is -0.483 e. The summed E-state index contributed by atoms with van der Waals surface area (Å²) < 4.78 is 10.8. The van der Waals surface area contributed by atoms with Gasteiger partial charge in [0.25, 0.3) is 11.8 Å². The first-order chi connectivity index (χ1) is 13.4. The molecule has 0 radical (unpaired) electrons. The number of hydrogen-bond donors (Lipinski definition) is 1. The van der Waals surface area contributed by atoms with Crippen LogP contribution in [-0.2, 0) is 14.3 Å². The van der Waals surface area contributed by atoms with Gasteiger partial charge in [-0.25, -0.2) is 0 Å². The van der Waals surface area contributed by atoms with Gasteiger partial charge in [0.2, 0.25) is 0 Å². The van der Waals surface area contributed by atoms with Crippen LogP contribution < -0.4 is 10.5 Å². The molecule has 3 rings (SSSR count). The van der Waals surface area contributed by atoms with Gasteiger partial charge in [-0.2, -0.15) is 0 Å². The molecule has 4 atom stereocenters. The van der Waals surface area contributed by atoms with Crippen molar-refractivity contribution >= 4 is 17.8 Å². The van der Waals surface area contributed by atoms with Crippen molar-refractivity contribution in [3.63, 3.8) is 0 Å². The van der Waals surface area contributed by atoms with Crippen molar-refractivity contribution < 1.29 is 23.9 Å². The summed E-state index contributed by atoms with van der Waals surface area (Å²) in [6.45, 7) is 4.99. The van der Waals surface area contributed by atoms with Crippen LogP contribution in [0.1, 0.15) is 24.2 Å². The lowest BCUT2D eigenvalue weighted by atomic mass is 9.72. The van der Waals surface area contributed by atoms with Gasteiger partial charge in [-0.1, -0.05) is 31.2 Å². The third-order valence-electron chi connectivity index (χ3n) is 5.52. The highest BCUT2D eigenvalue weighted by Crippen LogP contribution is 2.40. The van der Waals surface area contributed by atoms with Crippen LogP contribution in [0.25, 0.3) is 0 Å². The molecule has 7 heteroatoms. The maximum Gasteiger partial charge on any atom is 0.309 e. The fraction of sp³-hybridized carbons (Fsp3) is 0.476. The Hall–Kier alpha value is -2.83. The number of nitrogens with zero attached hydrogens (tertiary/aromatic N) is 1. The summed E-state index contributed by atoms with van der Waals surface area (Å²) in [6.07, 6.45) is 4.14. The molecule has 0 spiro atoms. The van der Waals surface area contributed by atoms with Gasteiger partial charge in [-0.15, -0.1) is 0 Å². The summed E-state index contributed by atoms with van der Waals surface area (Å²) in [4.78, 5) is 38.3. The van der Waals surface area contributed by atoms with Crippen molar-refractivity contribution in [3.8, 4) is 5.75 Å². The molecule has 1 saturated heterocycles. The number of para-hydroxylation sites is 1. The highest BCUT2D eigenvalue weighted by Gasteiger charge is 2.45. The maximum absolute atomic E-state index is 12.7. The monoisotopic (exact) mass is 386 g/mol. The normalized spacial score (nSPS) is 25.9. The Morgan fingerprint density at radius 2 is 1.93 bits per heavy atom. The van der Waals surface area contributed by atoms with Gasteiger partial charge >= 0.3 is 5.97 Å². The summed E-state index contributed by atoms with van der Waals surface area (Å²) in [5.41, 5.74) is 5.58. The number of rotatable bonds is 6. The lowest BCUT2D eigenvalue weighted by molar-refractivity contribution is -0.152. The molecule has 0 aromatic heterocycles. The average molecular weight is 386 g/mol. The quantitative estimate of drug-likeness (QED) is 0.592. The first kappa shape index (κ1) is 19.9. The number of primary amides is 1. The zero-order valence-electron chi connectivity index (χ0n) is 16.2. The molecule has 28 heavy (non-hydrogen) atoms. The number of carbonyl (C=O) groups is 3. The van der Waals surface area contributed by atoms with Gasteiger partial charge < -0.3 is 20.1 Å². The van der Waals surface area contributed by atoms with Crippen LogP contribution in [0.3, 0.4) is 0 Å². The van der Waals surface area contributed by atoms with E-state index in [9.17, 15) is 14.4 Å². The van der Waals surface area contributed by atoms with Crippen molar-refractivity contribution in [1.29, 1.82) is 0 Å². The molecule has 2 aliphatic rings. The third kappa shape index (κ3) is 4.03. The zero-order valence-corrected chi connectivity index (χ0v) is 16.2. The molecule has 2 amide bonds. The van der Waals surface area contributed by atoms with Crippen LogP contribution >= 0.6 is 0 Å².